The van der Waals surface area contributed by atoms with Crippen molar-refractivity contribution in [3.8, 4) is 17.1 Å². The average Bonchev–Trinajstić information content (AvgIpc) is 3.13. The lowest BCUT2D eigenvalue weighted by molar-refractivity contribution is 0.375. The zero-order chi connectivity index (χ0) is 20.8. The van der Waals surface area contributed by atoms with E-state index in [1.807, 2.05) is 26.0 Å². The number of aromatic nitrogens is 1. The van der Waals surface area contributed by atoms with Crippen molar-refractivity contribution in [2.24, 2.45) is 0 Å². The maximum atomic E-state index is 13.4. The Morgan fingerprint density at radius 2 is 1.83 bits per heavy atom. The van der Waals surface area contributed by atoms with Crippen LogP contribution >= 0.6 is 11.6 Å². The number of rotatable bonds is 4. The molecule has 0 spiro atoms. The first-order chi connectivity index (χ1) is 13.8. The Kier molecular flexibility index (Phi) is 5.14. The maximum absolute atomic E-state index is 13.4. The Morgan fingerprint density at radius 3 is 2.52 bits per heavy atom. The van der Waals surface area contributed by atoms with Crippen molar-refractivity contribution in [1.29, 1.82) is 0 Å². The van der Waals surface area contributed by atoms with Crippen molar-refractivity contribution in [2.45, 2.75) is 31.7 Å². The number of halogens is 1. The predicted octanol–water partition coefficient (Wildman–Crippen LogP) is 4.37. The van der Waals surface area contributed by atoms with Crippen LogP contribution in [-0.4, -0.2) is 31.5 Å². The molecule has 1 aliphatic heterocycles. The highest BCUT2D eigenvalue weighted by Gasteiger charge is 2.34. The summed E-state index contributed by atoms with van der Waals surface area (Å²) in [7, 11) is -2.27. The normalized spacial score (nSPS) is 14.6. The van der Waals surface area contributed by atoms with E-state index in [0.717, 1.165) is 27.9 Å². The van der Waals surface area contributed by atoms with Crippen LogP contribution in [0.4, 0.5) is 0 Å². The topological polar surface area (TPSA) is 72.6 Å². The summed E-state index contributed by atoms with van der Waals surface area (Å²) in [6, 6.07) is 10.6. The molecule has 0 saturated carbocycles. The van der Waals surface area contributed by atoms with Crippen LogP contribution in [0.1, 0.15) is 22.4 Å². The van der Waals surface area contributed by atoms with Gasteiger partial charge in [0.05, 0.1) is 12.8 Å². The Bertz CT molecular complexity index is 1170. The van der Waals surface area contributed by atoms with E-state index in [-0.39, 0.29) is 11.4 Å². The van der Waals surface area contributed by atoms with Gasteiger partial charge < -0.3 is 9.26 Å². The summed E-state index contributed by atoms with van der Waals surface area (Å²) in [6.45, 7) is 4.34. The third-order valence-corrected chi connectivity index (χ3v) is 7.42. The number of hydrogen-bond acceptors (Lipinski definition) is 5. The molecular weight excluding hydrogens is 412 g/mol. The summed E-state index contributed by atoms with van der Waals surface area (Å²) < 4.78 is 39.2. The number of aryl methyl sites for hydroxylation is 2. The highest BCUT2D eigenvalue weighted by Crippen LogP contribution is 2.35. The molecule has 0 unspecified atom stereocenters. The highest BCUT2D eigenvalue weighted by molar-refractivity contribution is 7.89. The second kappa shape index (κ2) is 7.48. The molecule has 0 N–H and O–H groups in total. The van der Waals surface area contributed by atoms with Gasteiger partial charge >= 0.3 is 0 Å². The molecule has 0 fully saturated rings. The van der Waals surface area contributed by atoms with Gasteiger partial charge in [-0.2, -0.15) is 4.31 Å². The van der Waals surface area contributed by atoms with Crippen molar-refractivity contribution in [3.05, 3.63) is 63.8 Å². The lowest BCUT2D eigenvalue weighted by Crippen LogP contribution is -2.36. The van der Waals surface area contributed by atoms with Crippen molar-refractivity contribution in [3.63, 3.8) is 0 Å². The first-order valence-electron chi connectivity index (χ1n) is 9.20. The minimum atomic E-state index is -3.75. The van der Waals surface area contributed by atoms with Crippen LogP contribution in [0.25, 0.3) is 11.3 Å². The van der Waals surface area contributed by atoms with Crippen LogP contribution < -0.4 is 4.74 Å². The molecular formula is C21H21ClN2O4S. The van der Waals surface area contributed by atoms with Crippen LogP contribution in [0.5, 0.6) is 5.75 Å². The van der Waals surface area contributed by atoms with Crippen LogP contribution in [0.2, 0.25) is 5.02 Å². The molecule has 2 aromatic carbocycles. The van der Waals surface area contributed by atoms with Crippen LogP contribution in [0.15, 0.2) is 45.8 Å². The standard InChI is InChI=1S/C21H21ClN2O4S/c1-13-10-19(27-3)20(11-14(13)2)29(25,26)24-9-8-18-17(12-24)21(28-23-18)15-4-6-16(22)7-5-15/h4-7,10-11H,8-9,12H2,1-3H3. The third-order valence-electron chi connectivity index (χ3n) is 5.31. The molecule has 8 heteroatoms. The number of benzene rings is 2. The highest BCUT2D eigenvalue weighted by atomic mass is 35.5. The third kappa shape index (κ3) is 3.54. The van der Waals surface area contributed by atoms with Gasteiger partial charge in [-0.3, -0.25) is 0 Å². The molecule has 0 radical (unpaired) electrons. The molecule has 152 valence electrons. The largest absolute Gasteiger partial charge is 0.495 e. The first kappa shape index (κ1) is 19.9. The van der Waals surface area contributed by atoms with E-state index in [0.29, 0.717) is 29.5 Å². The van der Waals surface area contributed by atoms with E-state index in [9.17, 15) is 8.42 Å². The monoisotopic (exact) mass is 432 g/mol. The average molecular weight is 433 g/mol. The lowest BCUT2D eigenvalue weighted by Gasteiger charge is -2.26. The molecule has 0 aliphatic carbocycles. The van der Waals surface area contributed by atoms with Gasteiger partial charge in [0, 0.05) is 35.7 Å². The summed E-state index contributed by atoms with van der Waals surface area (Å²) in [6.07, 6.45) is 0.485. The van der Waals surface area contributed by atoms with E-state index in [1.54, 1.807) is 24.3 Å². The number of hydrogen-bond donors (Lipinski definition) is 0. The summed E-state index contributed by atoms with van der Waals surface area (Å²) in [5, 5.41) is 4.77. The van der Waals surface area contributed by atoms with Gasteiger partial charge in [0.25, 0.3) is 0 Å². The second-order valence-electron chi connectivity index (χ2n) is 7.12. The number of ether oxygens (including phenoxy) is 1. The zero-order valence-electron chi connectivity index (χ0n) is 16.4. The number of nitrogens with zero attached hydrogens (tertiary/aromatic N) is 2. The Labute approximate surface area is 175 Å². The number of sulfonamides is 1. The molecule has 0 bridgehead atoms. The molecule has 2 heterocycles. The number of methoxy groups -OCH3 is 1. The summed E-state index contributed by atoms with van der Waals surface area (Å²) in [5.41, 5.74) is 4.25. The van der Waals surface area contributed by atoms with E-state index in [1.165, 1.54) is 11.4 Å². The molecule has 4 rings (SSSR count). The van der Waals surface area contributed by atoms with Gasteiger partial charge in [0.1, 0.15) is 10.6 Å². The maximum Gasteiger partial charge on any atom is 0.247 e. The van der Waals surface area contributed by atoms with E-state index in [4.69, 9.17) is 20.9 Å². The van der Waals surface area contributed by atoms with Gasteiger partial charge in [0.2, 0.25) is 10.0 Å². The van der Waals surface area contributed by atoms with Crippen molar-refractivity contribution in [1.82, 2.24) is 9.46 Å². The SMILES string of the molecule is COc1cc(C)c(C)cc1S(=O)(=O)N1CCc2noc(-c3ccc(Cl)cc3)c2C1. The first-order valence-corrected chi connectivity index (χ1v) is 11.0. The molecule has 1 aliphatic rings. The van der Waals surface area contributed by atoms with E-state index in [2.05, 4.69) is 5.16 Å². The summed E-state index contributed by atoms with van der Waals surface area (Å²) in [4.78, 5) is 0.177. The molecule has 29 heavy (non-hydrogen) atoms. The van der Waals surface area contributed by atoms with Crippen molar-refractivity contribution in [2.75, 3.05) is 13.7 Å². The summed E-state index contributed by atoms with van der Waals surface area (Å²) >= 11 is 5.97. The minimum absolute atomic E-state index is 0.177. The fourth-order valence-electron chi connectivity index (χ4n) is 3.48. The van der Waals surface area contributed by atoms with Crippen molar-refractivity contribution >= 4 is 21.6 Å². The zero-order valence-corrected chi connectivity index (χ0v) is 18.0. The predicted molar refractivity (Wildman–Crippen MR) is 111 cm³/mol. The van der Waals surface area contributed by atoms with Crippen molar-refractivity contribution < 1.29 is 17.7 Å². The van der Waals surface area contributed by atoms with Gasteiger partial charge in [-0.15, -0.1) is 0 Å². The summed E-state index contributed by atoms with van der Waals surface area (Å²) in [5.74, 6) is 0.922. The van der Waals surface area contributed by atoms with Crippen LogP contribution in [-0.2, 0) is 23.0 Å². The molecule has 0 amide bonds. The Hall–Kier alpha value is -2.35. The Morgan fingerprint density at radius 1 is 1.14 bits per heavy atom. The second-order valence-corrected chi connectivity index (χ2v) is 9.46. The van der Waals surface area contributed by atoms with Crippen LogP contribution in [0.3, 0.4) is 0 Å². The molecule has 3 aromatic rings. The fourth-order valence-corrected chi connectivity index (χ4v) is 5.24. The fraction of sp³-hybridized carbons (Fsp3) is 0.286. The van der Waals surface area contributed by atoms with Gasteiger partial charge in [-0.25, -0.2) is 8.42 Å². The smallest absolute Gasteiger partial charge is 0.247 e. The van der Waals surface area contributed by atoms with E-state index >= 15 is 0 Å². The Balaban J connectivity index is 1.73. The molecule has 6 nitrogen and oxygen atoms in total. The molecule has 1 aromatic heterocycles. The number of fused-ring (bicyclic) bond motifs is 1. The minimum Gasteiger partial charge on any atom is -0.495 e. The quantitative estimate of drug-likeness (QED) is 0.612. The van der Waals surface area contributed by atoms with Gasteiger partial charge in [-0.05, 0) is 61.4 Å². The lowest BCUT2D eigenvalue weighted by atomic mass is 10.0. The van der Waals surface area contributed by atoms with Crippen LogP contribution in [0, 0.1) is 13.8 Å². The molecule has 0 atom stereocenters. The van der Waals surface area contributed by atoms with Gasteiger partial charge in [0.15, 0.2) is 5.76 Å². The van der Waals surface area contributed by atoms with Gasteiger partial charge in [-0.1, -0.05) is 16.8 Å². The van der Waals surface area contributed by atoms with E-state index < -0.39 is 10.0 Å². The molecule has 0 saturated heterocycles.